The van der Waals surface area contributed by atoms with Crippen molar-refractivity contribution in [3.05, 3.63) is 134 Å². The highest BCUT2D eigenvalue weighted by atomic mass is 16.6. The number of nitro benzene ring substituents is 1. The number of carboxylic acids is 1. The summed E-state index contributed by atoms with van der Waals surface area (Å²) < 4.78 is 5.37. The standard InChI is InChI=1S/C37H42N4O7/c1-3-30-34(36(43)44)32(26-15-17-29(18-16-26)41(46)47)33(31(38-30)25-48-2)35(42)40(45)22-10-21-39-23-19-37(20-24-39,27-11-6-4-7-12-27)28-13-8-5-9-14-28/h4-9,11-18,32,38,45H,3,10,19-25H2,1-2H3,(H,43,44). The molecule has 2 aliphatic heterocycles. The monoisotopic (exact) mass is 654 g/mol. The molecule has 3 aromatic carbocycles. The molecule has 1 amide bonds. The van der Waals surface area contributed by atoms with E-state index in [0.717, 1.165) is 25.9 Å². The van der Waals surface area contributed by atoms with Crippen molar-refractivity contribution < 1.29 is 29.6 Å². The molecule has 11 heteroatoms. The number of aliphatic carboxylic acids is 1. The van der Waals surface area contributed by atoms with Crippen LogP contribution in [0.25, 0.3) is 0 Å². The lowest BCUT2D eigenvalue weighted by atomic mass is 9.68. The van der Waals surface area contributed by atoms with Crippen molar-refractivity contribution in [2.45, 2.75) is 43.9 Å². The summed E-state index contributed by atoms with van der Waals surface area (Å²) in [5.74, 6) is -3.07. The number of methoxy groups -OCH3 is 1. The van der Waals surface area contributed by atoms with Crippen molar-refractivity contribution >= 4 is 17.6 Å². The van der Waals surface area contributed by atoms with Crippen LogP contribution >= 0.6 is 0 Å². The molecule has 2 aliphatic rings. The van der Waals surface area contributed by atoms with Gasteiger partial charge in [-0.05, 0) is 62.0 Å². The smallest absolute Gasteiger partial charge is 0.334 e. The highest BCUT2D eigenvalue weighted by Gasteiger charge is 2.40. The molecule has 1 unspecified atom stereocenters. The number of hydrogen-bond donors (Lipinski definition) is 3. The van der Waals surface area contributed by atoms with Gasteiger partial charge in [0.1, 0.15) is 0 Å². The average molecular weight is 655 g/mol. The van der Waals surface area contributed by atoms with Gasteiger partial charge in [-0.3, -0.25) is 20.1 Å². The van der Waals surface area contributed by atoms with E-state index in [-0.39, 0.29) is 35.4 Å². The van der Waals surface area contributed by atoms with E-state index in [1.807, 2.05) is 12.1 Å². The Bertz CT molecular complexity index is 1620. The molecule has 0 aliphatic carbocycles. The van der Waals surface area contributed by atoms with Crippen molar-refractivity contribution in [2.75, 3.05) is 39.9 Å². The molecule has 48 heavy (non-hydrogen) atoms. The van der Waals surface area contributed by atoms with Gasteiger partial charge in [-0.25, -0.2) is 9.86 Å². The van der Waals surface area contributed by atoms with Crippen LogP contribution < -0.4 is 5.32 Å². The van der Waals surface area contributed by atoms with E-state index in [0.29, 0.717) is 41.4 Å². The number of likely N-dealkylation sites (tertiary alicyclic amines) is 1. The third kappa shape index (κ3) is 7.18. The number of nitrogens with zero attached hydrogens (tertiary/aromatic N) is 3. The Hall–Kier alpha value is -4.84. The van der Waals surface area contributed by atoms with E-state index in [9.17, 15) is 30.0 Å². The summed E-state index contributed by atoms with van der Waals surface area (Å²) >= 11 is 0. The summed E-state index contributed by atoms with van der Waals surface area (Å²) in [5, 5.41) is 36.4. The minimum Gasteiger partial charge on any atom is -0.478 e. The lowest BCUT2D eigenvalue weighted by Gasteiger charge is -2.43. The van der Waals surface area contributed by atoms with Crippen molar-refractivity contribution in [1.82, 2.24) is 15.3 Å². The largest absolute Gasteiger partial charge is 0.478 e. The van der Waals surface area contributed by atoms with Crippen LogP contribution in [0, 0.1) is 10.1 Å². The van der Waals surface area contributed by atoms with Crippen LogP contribution in [0.1, 0.15) is 55.2 Å². The lowest BCUT2D eigenvalue weighted by molar-refractivity contribution is -0.384. The predicted octanol–water partition coefficient (Wildman–Crippen LogP) is 5.62. The Morgan fingerprint density at radius 1 is 0.958 bits per heavy atom. The topological polar surface area (TPSA) is 145 Å². The summed E-state index contributed by atoms with van der Waals surface area (Å²) in [6.07, 6.45) is 2.69. The molecule has 3 N–H and O–H groups in total. The molecule has 2 heterocycles. The van der Waals surface area contributed by atoms with Gasteiger partial charge in [0.25, 0.3) is 11.6 Å². The Labute approximate surface area is 280 Å². The van der Waals surface area contributed by atoms with Gasteiger partial charge in [-0.1, -0.05) is 79.7 Å². The Kier molecular flexibility index (Phi) is 11.0. The van der Waals surface area contributed by atoms with Gasteiger partial charge in [0.2, 0.25) is 0 Å². The molecular weight excluding hydrogens is 612 g/mol. The third-order valence-electron chi connectivity index (χ3n) is 9.51. The summed E-state index contributed by atoms with van der Waals surface area (Å²) in [4.78, 5) is 39.7. The molecule has 0 bridgehead atoms. The molecule has 5 rings (SSSR count). The van der Waals surface area contributed by atoms with E-state index < -0.39 is 22.7 Å². The maximum absolute atomic E-state index is 14.0. The van der Waals surface area contributed by atoms with Gasteiger partial charge in [-0.15, -0.1) is 0 Å². The molecule has 1 saturated heterocycles. The number of carbonyl (C=O) groups excluding carboxylic acids is 1. The second kappa shape index (κ2) is 15.4. The molecule has 0 saturated carbocycles. The first-order valence-corrected chi connectivity index (χ1v) is 16.2. The SMILES string of the molecule is CCC1=C(C(=O)O)C(c2ccc([N+](=O)[O-])cc2)C(C(=O)N(O)CCCN2CCC(c3ccccc3)(c3ccccc3)CC2)=C(COC)N1. The van der Waals surface area contributed by atoms with Crippen LogP contribution in [0.5, 0.6) is 0 Å². The quantitative estimate of drug-likeness (QED) is 0.121. The average Bonchev–Trinajstić information content (AvgIpc) is 3.11. The van der Waals surface area contributed by atoms with Crippen molar-refractivity contribution in [2.24, 2.45) is 0 Å². The van der Waals surface area contributed by atoms with Crippen molar-refractivity contribution in [1.29, 1.82) is 0 Å². The number of hydrogen-bond acceptors (Lipinski definition) is 8. The molecule has 0 aromatic heterocycles. The zero-order chi connectivity index (χ0) is 34.3. The van der Waals surface area contributed by atoms with Crippen molar-refractivity contribution in [3.63, 3.8) is 0 Å². The van der Waals surface area contributed by atoms with Crippen LogP contribution in [-0.2, 0) is 19.7 Å². The van der Waals surface area contributed by atoms with Crippen LogP contribution in [0.15, 0.2) is 107 Å². The maximum atomic E-state index is 14.0. The number of carboxylic acid groups (broad SMARTS) is 1. The van der Waals surface area contributed by atoms with Crippen LogP contribution in [0.4, 0.5) is 5.69 Å². The molecule has 3 aromatic rings. The molecular formula is C37H42N4O7. The normalized spacial score (nSPS) is 17.9. The second-order valence-corrected chi connectivity index (χ2v) is 12.2. The number of rotatable bonds is 13. The molecule has 252 valence electrons. The minimum atomic E-state index is -1.24. The fourth-order valence-electron chi connectivity index (χ4n) is 7.07. The first-order valence-electron chi connectivity index (χ1n) is 16.2. The van der Waals surface area contributed by atoms with Gasteiger partial charge in [0.15, 0.2) is 0 Å². The van der Waals surface area contributed by atoms with Gasteiger partial charge in [-0.2, -0.15) is 0 Å². The van der Waals surface area contributed by atoms with E-state index in [1.165, 1.54) is 42.5 Å². The van der Waals surface area contributed by atoms with E-state index >= 15 is 0 Å². The van der Waals surface area contributed by atoms with Crippen LogP contribution in [0.2, 0.25) is 0 Å². The highest BCUT2D eigenvalue weighted by molar-refractivity contribution is 6.01. The first-order chi connectivity index (χ1) is 23.2. The number of dihydropyridines is 1. The van der Waals surface area contributed by atoms with Crippen LogP contribution in [0.3, 0.4) is 0 Å². The summed E-state index contributed by atoms with van der Waals surface area (Å²) in [5.41, 5.74) is 3.42. The zero-order valence-corrected chi connectivity index (χ0v) is 27.3. The summed E-state index contributed by atoms with van der Waals surface area (Å²) in [6.45, 7) is 4.15. The Morgan fingerprint density at radius 3 is 2.04 bits per heavy atom. The summed E-state index contributed by atoms with van der Waals surface area (Å²) in [7, 11) is 1.46. The Morgan fingerprint density at radius 2 is 1.54 bits per heavy atom. The molecule has 1 fully saturated rings. The number of amides is 1. The number of benzene rings is 3. The number of carbonyl (C=O) groups is 2. The summed E-state index contributed by atoms with van der Waals surface area (Å²) in [6, 6.07) is 26.6. The van der Waals surface area contributed by atoms with Gasteiger partial charge >= 0.3 is 5.97 Å². The number of nitro groups is 1. The molecule has 0 spiro atoms. The number of hydroxylamine groups is 2. The second-order valence-electron chi connectivity index (χ2n) is 12.2. The number of allylic oxidation sites excluding steroid dienone is 1. The highest BCUT2D eigenvalue weighted by Crippen LogP contribution is 2.42. The molecule has 11 nitrogen and oxygen atoms in total. The van der Waals surface area contributed by atoms with Gasteiger partial charge < -0.3 is 20.1 Å². The zero-order valence-electron chi connectivity index (χ0n) is 27.3. The van der Waals surface area contributed by atoms with E-state index in [2.05, 4.69) is 58.7 Å². The van der Waals surface area contributed by atoms with Gasteiger partial charge in [0.05, 0.1) is 34.3 Å². The predicted molar refractivity (Wildman–Crippen MR) is 180 cm³/mol. The molecule has 0 radical (unpaired) electrons. The Balaban J connectivity index is 1.31. The number of nitrogens with one attached hydrogen (secondary N) is 1. The maximum Gasteiger partial charge on any atom is 0.334 e. The number of piperidine rings is 1. The minimum absolute atomic E-state index is 0.0243. The molecule has 1 atom stereocenters. The first kappa shape index (κ1) is 34.5. The van der Waals surface area contributed by atoms with Gasteiger partial charge in [0, 0.05) is 36.9 Å². The van der Waals surface area contributed by atoms with E-state index in [4.69, 9.17) is 4.74 Å². The van der Waals surface area contributed by atoms with Crippen molar-refractivity contribution in [3.8, 4) is 0 Å². The number of non-ortho nitro benzene ring substituents is 1. The fraction of sp³-hybridized carbons (Fsp3) is 0.351. The fourth-order valence-corrected chi connectivity index (χ4v) is 7.07. The number of ether oxygens (including phenoxy) is 1. The lowest BCUT2D eigenvalue weighted by Crippen LogP contribution is -2.44. The van der Waals surface area contributed by atoms with E-state index in [1.54, 1.807) is 6.92 Å². The van der Waals surface area contributed by atoms with Crippen LogP contribution in [-0.4, -0.2) is 77.0 Å². The third-order valence-corrected chi connectivity index (χ3v) is 9.51.